The first-order chi connectivity index (χ1) is 16.3. The van der Waals surface area contributed by atoms with E-state index in [-0.39, 0.29) is 10.7 Å². The molecule has 0 bridgehead atoms. The minimum atomic E-state index is -4.08. The van der Waals surface area contributed by atoms with E-state index < -0.39 is 22.1 Å². The molecule has 7 nitrogen and oxygen atoms in total. The number of aryl methyl sites for hydroxylation is 1. The van der Waals surface area contributed by atoms with Crippen LogP contribution < -0.4 is 10.0 Å². The molecule has 0 saturated heterocycles. The minimum Gasteiger partial charge on any atom is -0.327 e. The number of rotatable bonds is 7. The van der Waals surface area contributed by atoms with E-state index in [1.165, 1.54) is 18.2 Å². The highest BCUT2D eigenvalue weighted by atomic mass is 32.2. The summed E-state index contributed by atoms with van der Waals surface area (Å²) in [5.74, 6) is 0.101. The van der Waals surface area contributed by atoms with Crippen molar-refractivity contribution < 1.29 is 17.6 Å². The summed E-state index contributed by atoms with van der Waals surface area (Å²) in [7, 11) is -4.08. The van der Waals surface area contributed by atoms with Gasteiger partial charge in [-0.05, 0) is 54.8 Å². The van der Waals surface area contributed by atoms with Gasteiger partial charge in [0.1, 0.15) is 11.6 Å². The molecule has 0 saturated carbocycles. The molecule has 4 rings (SSSR count). The number of nitrogens with one attached hydrogen (secondary N) is 2. The summed E-state index contributed by atoms with van der Waals surface area (Å²) >= 11 is 0. The molecular weight excluding hydrogens is 455 g/mol. The number of sulfonamides is 1. The Morgan fingerprint density at radius 1 is 1.00 bits per heavy atom. The third-order valence-corrected chi connectivity index (χ3v) is 6.78. The zero-order valence-electron chi connectivity index (χ0n) is 18.4. The molecule has 9 heteroatoms. The number of carbonyl (C=O) groups excluding carboxylic acids is 1. The van der Waals surface area contributed by atoms with Gasteiger partial charge < -0.3 is 9.88 Å². The van der Waals surface area contributed by atoms with Gasteiger partial charge in [-0.1, -0.05) is 48.5 Å². The zero-order chi connectivity index (χ0) is 24.1. The van der Waals surface area contributed by atoms with Crippen LogP contribution in [0.5, 0.6) is 0 Å². The zero-order valence-corrected chi connectivity index (χ0v) is 19.2. The number of amides is 2. The van der Waals surface area contributed by atoms with Crippen LogP contribution >= 0.6 is 0 Å². The summed E-state index contributed by atoms with van der Waals surface area (Å²) in [6, 6.07) is 20.2. The Morgan fingerprint density at radius 3 is 2.38 bits per heavy atom. The van der Waals surface area contributed by atoms with Crippen LogP contribution in [0.25, 0.3) is 5.69 Å². The summed E-state index contributed by atoms with van der Waals surface area (Å²) in [5, 5.41) is 2.75. The molecule has 1 atom stereocenters. The summed E-state index contributed by atoms with van der Waals surface area (Å²) in [6.07, 6.45) is 3.63. The monoisotopic (exact) mass is 478 g/mol. The molecule has 34 heavy (non-hydrogen) atoms. The van der Waals surface area contributed by atoms with Gasteiger partial charge in [-0.3, -0.25) is 0 Å². The van der Waals surface area contributed by atoms with Crippen LogP contribution in [-0.4, -0.2) is 24.0 Å². The van der Waals surface area contributed by atoms with E-state index in [1.807, 2.05) is 30.3 Å². The molecule has 0 radical (unpaired) electrons. The second-order valence-corrected chi connectivity index (χ2v) is 9.37. The van der Waals surface area contributed by atoms with E-state index in [9.17, 15) is 17.6 Å². The van der Waals surface area contributed by atoms with Crippen molar-refractivity contribution in [1.29, 1.82) is 0 Å². The number of carbonyl (C=O) groups is 1. The fourth-order valence-corrected chi connectivity index (χ4v) is 4.83. The Morgan fingerprint density at radius 2 is 1.68 bits per heavy atom. The Labute approximate surface area is 197 Å². The molecule has 1 unspecified atom stereocenters. The average Bonchev–Trinajstić information content (AvgIpc) is 3.29. The van der Waals surface area contributed by atoms with Crippen molar-refractivity contribution in [1.82, 2.24) is 19.6 Å². The van der Waals surface area contributed by atoms with Crippen LogP contribution in [0.4, 0.5) is 9.18 Å². The van der Waals surface area contributed by atoms with E-state index in [0.717, 1.165) is 5.56 Å². The number of imidazole rings is 1. The van der Waals surface area contributed by atoms with E-state index in [1.54, 1.807) is 54.2 Å². The fraction of sp³-hybridized carbons (Fsp3) is 0.120. The maximum absolute atomic E-state index is 13.4. The lowest BCUT2D eigenvalue weighted by atomic mass is 10.1. The third-order valence-electron chi connectivity index (χ3n) is 5.28. The number of halogens is 1. The van der Waals surface area contributed by atoms with Gasteiger partial charge in [0.15, 0.2) is 0 Å². The van der Waals surface area contributed by atoms with Gasteiger partial charge in [0, 0.05) is 18.1 Å². The van der Waals surface area contributed by atoms with Crippen molar-refractivity contribution in [3.05, 3.63) is 114 Å². The van der Waals surface area contributed by atoms with Crippen LogP contribution in [0.3, 0.4) is 0 Å². The summed E-state index contributed by atoms with van der Waals surface area (Å²) in [4.78, 5) is 17.3. The molecule has 3 aromatic carbocycles. The molecular formula is C25H23FN4O3S. The highest BCUT2D eigenvalue weighted by Crippen LogP contribution is 2.21. The van der Waals surface area contributed by atoms with Crippen LogP contribution in [-0.2, 0) is 16.4 Å². The molecule has 174 valence electrons. The highest BCUT2D eigenvalue weighted by molar-refractivity contribution is 7.90. The van der Waals surface area contributed by atoms with Gasteiger partial charge in [-0.25, -0.2) is 27.3 Å². The van der Waals surface area contributed by atoms with Crippen LogP contribution in [0.2, 0.25) is 0 Å². The topological polar surface area (TPSA) is 93.1 Å². The predicted molar refractivity (Wildman–Crippen MR) is 126 cm³/mol. The molecule has 2 N–H and O–H groups in total. The molecule has 2 amide bonds. The van der Waals surface area contributed by atoms with E-state index in [2.05, 4.69) is 15.0 Å². The van der Waals surface area contributed by atoms with Crippen LogP contribution in [0.15, 0.2) is 96.2 Å². The van der Waals surface area contributed by atoms with Crippen molar-refractivity contribution in [3.63, 3.8) is 0 Å². The summed E-state index contributed by atoms with van der Waals surface area (Å²) < 4.78 is 42.8. The first-order valence-electron chi connectivity index (χ1n) is 10.6. The number of hydrogen-bond donors (Lipinski definition) is 2. The van der Waals surface area contributed by atoms with Crippen molar-refractivity contribution in [2.75, 3.05) is 0 Å². The molecule has 0 aliphatic heterocycles. The lowest BCUT2D eigenvalue weighted by Gasteiger charge is -2.21. The lowest BCUT2D eigenvalue weighted by molar-refractivity contribution is 0.241. The predicted octanol–water partition coefficient (Wildman–Crippen LogP) is 4.29. The second-order valence-electron chi connectivity index (χ2n) is 7.72. The number of benzene rings is 3. The maximum atomic E-state index is 13.4. The molecule has 0 fully saturated rings. The minimum absolute atomic E-state index is 0.0255. The SMILES string of the molecule is Cc1ccccc1S(=O)(=O)NC(=O)NC(Cc1ccccc1)c1nccn1-c1ccc(F)cc1. The van der Waals surface area contributed by atoms with Crippen LogP contribution in [0, 0.1) is 12.7 Å². The van der Waals surface area contributed by atoms with E-state index >= 15 is 0 Å². The smallest absolute Gasteiger partial charge is 0.327 e. The molecule has 4 aromatic rings. The quantitative estimate of drug-likeness (QED) is 0.414. The largest absolute Gasteiger partial charge is 0.329 e. The average molecular weight is 479 g/mol. The molecule has 1 heterocycles. The normalized spacial score (nSPS) is 12.2. The molecule has 0 aliphatic carbocycles. The van der Waals surface area contributed by atoms with Crippen molar-refractivity contribution >= 4 is 16.1 Å². The molecule has 1 aromatic heterocycles. The van der Waals surface area contributed by atoms with Gasteiger partial charge in [0.2, 0.25) is 0 Å². The van der Waals surface area contributed by atoms with E-state index in [4.69, 9.17) is 0 Å². The number of urea groups is 1. The first kappa shape index (κ1) is 23.2. The molecule has 0 aliphatic rings. The number of nitrogens with zero attached hydrogens (tertiary/aromatic N) is 2. The first-order valence-corrected chi connectivity index (χ1v) is 12.0. The molecule has 0 spiro atoms. The van der Waals surface area contributed by atoms with Crippen LogP contribution in [0.1, 0.15) is 23.0 Å². The van der Waals surface area contributed by atoms with Crippen molar-refractivity contribution in [3.8, 4) is 5.69 Å². The third kappa shape index (κ3) is 5.32. The fourth-order valence-electron chi connectivity index (χ4n) is 3.67. The highest BCUT2D eigenvalue weighted by Gasteiger charge is 2.25. The van der Waals surface area contributed by atoms with Crippen molar-refractivity contribution in [2.24, 2.45) is 0 Å². The number of aromatic nitrogens is 2. The summed E-state index contributed by atoms with van der Waals surface area (Å²) in [6.45, 7) is 1.66. The Hall–Kier alpha value is -3.98. The van der Waals surface area contributed by atoms with Gasteiger partial charge in [-0.2, -0.15) is 0 Å². The number of hydrogen-bond acceptors (Lipinski definition) is 4. The standard InChI is InChI=1S/C25H23FN4O3S/c1-18-7-5-6-10-23(18)34(32,33)29-25(31)28-22(17-19-8-3-2-4-9-19)24-27-15-16-30(24)21-13-11-20(26)12-14-21/h2-16,22H,17H2,1H3,(H2,28,29,31). The Bertz CT molecular complexity index is 1390. The van der Waals surface area contributed by atoms with Crippen molar-refractivity contribution in [2.45, 2.75) is 24.3 Å². The Balaban J connectivity index is 1.63. The second kappa shape index (κ2) is 9.88. The van der Waals surface area contributed by atoms with Gasteiger partial charge in [-0.15, -0.1) is 0 Å². The van der Waals surface area contributed by atoms with E-state index in [0.29, 0.717) is 23.5 Å². The maximum Gasteiger partial charge on any atom is 0.329 e. The van der Waals surface area contributed by atoms with Gasteiger partial charge in [0.05, 0.1) is 10.9 Å². The van der Waals surface area contributed by atoms with Gasteiger partial charge >= 0.3 is 6.03 Å². The lowest BCUT2D eigenvalue weighted by Crippen LogP contribution is -2.42. The van der Waals surface area contributed by atoms with Gasteiger partial charge in [0.25, 0.3) is 10.0 Å². The Kier molecular flexibility index (Phi) is 6.74. The summed E-state index contributed by atoms with van der Waals surface area (Å²) in [5.41, 5.74) is 2.10.